The molecule has 1 saturated heterocycles. The molecule has 0 spiro atoms. The van der Waals surface area contributed by atoms with Crippen LogP contribution in [0, 0.1) is 6.92 Å². The van der Waals surface area contributed by atoms with E-state index in [1.165, 1.54) is 0 Å². The van der Waals surface area contributed by atoms with Crippen molar-refractivity contribution in [2.75, 3.05) is 32.7 Å². The molecule has 1 fully saturated rings. The van der Waals surface area contributed by atoms with Gasteiger partial charge in [-0.3, -0.25) is 9.69 Å². The van der Waals surface area contributed by atoms with Crippen LogP contribution >= 0.6 is 0 Å². The highest BCUT2D eigenvalue weighted by atomic mass is 16.3. The summed E-state index contributed by atoms with van der Waals surface area (Å²) in [6, 6.07) is 1.66. The first kappa shape index (κ1) is 14.9. The van der Waals surface area contributed by atoms with E-state index in [4.69, 9.17) is 0 Å². The maximum Gasteiger partial charge on any atom is 0.272 e. The topological polar surface area (TPSA) is 69.6 Å². The van der Waals surface area contributed by atoms with Crippen LogP contribution in [0.5, 0.6) is 0 Å². The summed E-state index contributed by atoms with van der Waals surface area (Å²) >= 11 is 0. The summed E-state index contributed by atoms with van der Waals surface area (Å²) < 4.78 is 0. The SMILES string of the molecule is CCC(O)CN1CCN(C(=O)c2ccnc(C)n2)CC1. The van der Waals surface area contributed by atoms with Crippen molar-refractivity contribution in [1.82, 2.24) is 19.8 Å². The van der Waals surface area contributed by atoms with E-state index < -0.39 is 0 Å². The van der Waals surface area contributed by atoms with Gasteiger partial charge in [-0.25, -0.2) is 9.97 Å². The fourth-order valence-corrected chi connectivity index (χ4v) is 2.30. The van der Waals surface area contributed by atoms with Crippen molar-refractivity contribution < 1.29 is 9.90 Å². The molecule has 0 saturated carbocycles. The van der Waals surface area contributed by atoms with Crippen LogP contribution in [-0.4, -0.2) is 69.6 Å². The van der Waals surface area contributed by atoms with Crippen LogP contribution in [-0.2, 0) is 0 Å². The van der Waals surface area contributed by atoms with Gasteiger partial charge in [-0.2, -0.15) is 0 Å². The van der Waals surface area contributed by atoms with Crippen LogP contribution in [0.3, 0.4) is 0 Å². The number of piperazine rings is 1. The van der Waals surface area contributed by atoms with Crippen molar-refractivity contribution in [3.05, 3.63) is 23.8 Å². The normalized spacial score (nSPS) is 18.1. The molecule has 0 aliphatic carbocycles. The number of carbonyl (C=O) groups excluding carboxylic acids is 1. The molecule has 1 aliphatic heterocycles. The minimum absolute atomic E-state index is 0.0359. The van der Waals surface area contributed by atoms with Gasteiger partial charge in [0.15, 0.2) is 0 Å². The molecule has 6 heteroatoms. The molecular weight excluding hydrogens is 256 g/mol. The Hall–Kier alpha value is -1.53. The third-order valence-corrected chi connectivity index (χ3v) is 3.59. The molecule has 6 nitrogen and oxygen atoms in total. The van der Waals surface area contributed by atoms with Crippen molar-refractivity contribution in [3.63, 3.8) is 0 Å². The van der Waals surface area contributed by atoms with Gasteiger partial charge in [-0.1, -0.05) is 6.92 Å². The lowest BCUT2D eigenvalue weighted by Gasteiger charge is -2.35. The summed E-state index contributed by atoms with van der Waals surface area (Å²) in [5.74, 6) is 0.576. The third-order valence-electron chi connectivity index (χ3n) is 3.59. The Morgan fingerprint density at radius 1 is 1.40 bits per heavy atom. The van der Waals surface area contributed by atoms with Gasteiger partial charge in [0.25, 0.3) is 5.91 Å². The number of β-amino-alcohol motifs (C(OH)–C–C–N with tert-alkyl or cyclic N) is 1. The molecular formula is C14H22N4O2. The molecule has 2 rings (SSSR count). The smallest absolute Gasteiger partial charge is 0.272 e. The quantitative estimate of drug-likeness (QED) is 0.858. The van der Waals surface area contributed by atoms with E-state index in [-0.39, 0.29) is 12.0 Å². The molecule has 1 aliphatic rings. The predicted molar refractivity (Wildman–Crippen MR) is 75.4 cm³/mol. The Bertz CT molecular complexity index is 458. The molecule has 1 unspecified atom stereocenters. The van der Waals surface area contributed by atoms with Gasteiger partial charge in [-0.05, 0) is 19.4 Å². The van der Waals surface area contributed by atoms with Gasteiger partial charge in [0.2, 0.25) is 0 Å². The van der Waals surface area contributed by atoms with Gasteiger partial charge in [0.1, 0.15) is 11.5 Å². The maximum absolute atomic E-state index is 12.3. The second-order valence-electron chi connectivity index (χ2n) is 5.14. The van der Waals surface area contributed by atoms with Gasteiger partial charge in [0.05, 0.1) is 6.10 Å². The number of aliphatic hydroxyl groups is 1. The van der Waals surface area contributed by atoms with Gasteiger partial charge in [-0.15, -0.1) is 0 Å². The fraction of sp³-hybridized carbons (Fsp3) is 0.643. The number of aromatic nitrogens is 2. The van der Waals surface area contributed by atoms with Crippen LogP contribution in [0.25, 0.3) is 0 Å². The number of amides is 1. The zero-order valence-corrected chi connectivity index (χ0v) is 12.1. The van der Waals surface area contributed by atoms with Gasteiger partial charge in [0, 0.05) is 38.9 Å². The predicted octanol–water partition coefficient (Wildman–Crippen LogP) is 0.314. The van der Waals surface area contributed by atoms with Crippen LogP contribution in [0.1, 0.15) is 29.7 Å². The Kier molecular flexibility index (Phi) is 5.03. The highest BCUT2D eigenvalue weighted by molar-refractivity contribution is 5.92. The van der Waals surface area contributed by atoms with Crippen LogP contribution in [0.4, 0.5) is 0 Å². The summed E-state index contributed by atoms with van der Waals surface area (Å²) in [6.45, 7) is 7.39. The van der Waals surface area contributed by atoms with Crippen molar-refractivity contribution in [3.8, 4) is 0 Å². The van der Waals surface area contributed by atoms with E-state index in [2.05, 4.69) is 14.9 Å². The number of aliphatic hydroxyl groups excluding tert-OH is 1. The van der Waals surface area contributed by atoms with E-state index in [0.29, 0.717) is 31.2 Å². The second-order valence-corrected chi connectivity index (χ2v) is 5.14. The first-order valence-electron chi connectivity index (χ1n) is 7.09. The summed E-state index contributed by atoms with van der Waals surface area (Å²) in [7, 11) is 0. The molecule has 1 aromatic rings. The average Bonchev–Trinajstić information content (AvgIpc) is 2.47. The lowest BCUT2D eigenvalue weighted by atomic mass is 10.2. The summed E-state index contributed by atoms with van der Waals surface area (Å²) in [6.07, 6.45) is 2.10. The molecule has 2 heterocycles. The minimum atomic E-state index is -0.276. The lowest BCUT2D eigenvalue weighted by molar-refractivity contribution is 0.0519. The zero-order valence-electron chi connectivity index (χ0n) is 12.1. The molecule has 1 aromatic heterocycles. The number of hydrogen-bond acceptors (Lipinski definition) is 5. The molecule has 20 heavy (non-hydrogen) atoms. The van der Waals surface area contributed by atoms with E-state index in [1.54, 1.807) is 19.2 Å². The van der Waals surface area contributed by atoms with Crippen LogP contribution < -0.4 is 0 Å². The van der Waals surface area contributed by atoms with E-state index >= 15 is 0 Å². The number of aryl methyl sites for hydroxylation is 1. The monoisotopic (exact) mass is 278 g/mol. The van der Waals surface area contributed by atoms with E-state index in [0.717, 1.165) is 19.5 Å². The Labute approximate surface area is 119 Å². The van der Waals surface area contributed by atoms with Crippen molar-refractivity contribution in [2.24, 2.45) is 0 Å². The molecule has 1 N–H and O–H groups in total. The summed E-state index contributed by atoms with van der Waals surface area (Å²) in [5, 5.41) is 9.65. The van der Waals surface area contributed by atoms with Crippen molar-refractivity contribution in [1.29, 1.82) is 0 Å². The van der Waals surface area contributed by atoms with Crippen LogP contribution in [0.2, 0.25) is 0 Å². The number of rotatable bonds is 4. The Morgan fingerprint density at radius 3 is 2.70 bits per heavy atom. The molecule has 0 radical (unpaired) electrons. The standard InChI is InChI=1S/C14H22N4O2/c1-3-12(19)10-17-6-8-18(9-7-17)14(20)13-4-5-15-11(2)16-13/h4-5,12,19H,3,6-10H2,1-2H3. The average molecular weight is 278 g/mol. The van der Waals surface area contributed by atoms with E-state index in [9.17, 15) is 9.90 Å². The van der Waals surface area contributed by atoms with Gasteiger partial charge < -0.3 is 10.0 Å². The molecule has 0 aromatic carbocycles. The van der Waals surface area contributed by atoms with Crippen molar-refractivity contribution >= 4 is 5.91 Å². The zero-order chi connectivity index (χ0) is 14.5. The highest BCUT2D eigenvalue weighted by Gasteiger charge is 2.23. The largest absolute Gasteiger partial charge is 0.392 e. The second kappa shape index (κ2) is 6.76. The molecule has 0 bridgehead atoms. The molecule has 1 atom stereocenters. The third kappa shape index (κ3) is 3.74. The molecule has 1 amide bonds. The number of hydrogen-bond donors (Lipinski definition) is 1. The van der Waals surface area contributed by atoms with Crippen LogP contribution in [0.15, 0.2) is 12.3 Å². The number of nitrogens with zero attached hydrogens (tertiary/aromatic N) is 4. The van der Waals surface area contributed by atoms with Gasteiger partial charge >= 0.3 is 0 Å². The van der Waals surface area contributed by atoms with Crippen molar-refractivity contribution in [2.45, 2.75) is 26.4 Å². The maximum atomic E-state index is 12.3. The Balaban J connectivity index is 1.89. The summed E-state index contributed by atoms with van der Waals surface area (Å²) in [5.41, 5.74) is 0.458. The highest BCUT2D eigenvalue weighted by Crippen LogP contribution is 2.08. The fourth-order valence-electron chi connectivity index (χ4n) is 2.30. The summed E-state index contributed by atoms with van der Waals surface area (Å²) in [4.78, 5) is 24.5. The van der Waals surface area contributed by atoms with E-state index in [1.807, 2.05) is 11.8 Å². The molecule has 110 valence electrons. The lowest BCUT2D eigenvalue weighted by Crippen LogP contribution is -2.50. The number of carbonyl (C=O) groups is 1. The Morgan fingerprint density at radius 2 is 2.10 bits per heavy atom. The minimum Gasteiger partial charge on any atom is -0.392 e. The first-order valence-corrected chi connectivity index (χ1v) is 7.09. The first-order chi connectivity index (χ1) is 9.60.